The number of alkyl carbamates (subject to hydrolysis) is 1. The lowest BCUT2D eigenvalue weighted by Gasteiger charge is -2.01. The summed E-state index contributed by atoms with van der Waals surface area (Å²) in [5.74, 6) is 0. The van der Waals surface area contributed by atoms with Gasteiger partial charge in [0.05, 0.1) is 0 Å². The molecule has 3 nitrogen and oxygen atoms in total. The molecule has 0 aliphatic carbocycles. The Balaban J connectivity index is 3.16. The molecule has 0 spiro atoms. The van der Waals surface area contributed by atoms with E-state index < -0.39 is 6.09 Å². The second-order valence-corrected chi connectivity index (χ2v) is 2.30. The first kappa shape index (κ1) is 9.49. The molecule has 0 atom stereocenters. The number of amides is 1. The largest absolute Gasteiger partial charge is 0.445 e. The Labute approximate surface area is 68.6 Å². The minimum atomic E-state index is -0.403. The highest BCUT2D eigenvalue weighted by molar-refractivity contribution is 9.09. The molecule has 0 unspecified atom stereocenters. The molecule has 0 radical (unpaired) electrons. The van der Waals surface area contributed by atoms with Gasteiger partial charge in [0.25, 0.3) is 0 Å². The SMILES string of the molecule is C=CCOC(=O)NCCBr. The minimum Gasteiger partial charge on any atom is -0.445 e. The summed E-state index contributed by atoms with van der Waals surface area (Å²) in [6.07, 6.45) is 1.12. The predicted octanol–water partition coefficient (Wildman–Crippen LogP) is 1.29. The van der Waals surface area contributed by atoms with Gasteiger partial charge in [-0.2, -0.15) is 0 Å². The Morgan fingerprint density at radius 3 is 3.00 bits per heavy atom. The van der Waals surface area contributed by atoms with Gasteiger partial charge in [-0.1, -0.05) is 28.6 Å². The van der Waals surface area contributed by atoms with Crippen LogP contribution in [0.4, 0.5) is 4.79 Å². The molecular formula is C6H10BrNO2. The van der Waals surface area contributed by atoms with Crippen LogP contribution in [0.1, 0.15) is 0 Å². The van der Waals surface area contributed by atoms with Gasteiger partial charge in [-0.25, -0.2) is 4.79 Å². The molecule has 0 saturated heterocycles. The fourth-order valence-electron chi connectivity index (χ4n) is 0.335. The van der Waals surface area contributed by atoms with Crippen LogP contribution in [0.15, 0.2) is 12.7 Å². The molecule has 0 fully saturated rings. The third-order valence-corrected chi connectivity index (χ3v) is 1.09. The van der Waals surface area contributed by atoms with Gasteiger partial charge in [-0.15, -0.1) is 0 Å². The zero-order valence-electron chi connectivity index (χ0n) is 5.60. The van der Waals surface area contributed by atoms with Gasteiger partial charge in [-0.3, -0.25) is 0 Å². The molecule has 0 bridgehead atoms. The fourth-order valence-corrected chi connectivity index (χ4v) is 0.533. The summed E-state index contributed by atoms with van der Waals surface area (Å²) in [5.41, 5.74) is 0. The van der Waals surface area contributed by atoms with Gasteiger partial charge < -0.3 is 10.1 Å². The van der Waals surface area contributed by atoms with Crippen LogP contribution in [0, 0.1) is 0 Å². The van der Waals surface area contributed by atoms with E-state index in [4.69, 9.17) is 0 Å². The van der Waals surface area contributed by atoms with E-state index in [9.17, 15) is 4.79 Å². The van der Waals surface area contributed by atoms with E-state index in [1.165, 1.54) is 6.08 Å². The maximum Gasteiger partial charge on any atom is 0.407 e. The molecule has 0 aliphatic rings. The number of carbonyl (C=O) groups excluding carboxylic acids is 1. The summed E-state index contributed by atoms with van der Waals surface area (Å²) < 4.78 is 4.60. The molecule has 1 amide bonds. The Morgan fingerprint density at radius 1 is 1.80 bits per heavy atom. The molecule has 0 aliphatic heterocycles. The van der Waals surface area contributed by atoms with Crippen molar-refractivity contribution >= 4 is 22.0 Å². The number of rotatable bonds is 4. The first-order chi connectivity index (χ1) is 4.81. The Hall–Kier alpha value is -0.510. The summed E-state index contributed by atoms with van der Waals surface area (Å²) in [6, 6.07) is 0. The summed E-state index contributed by atoms with van der Waals surface area (Å²) in [6.45, 7) is 4.24. The highest BCUT2D eigenvalue weighted by atomic mass is 79.9. The number of ether oxygens (including phenoxy) is 1. The van der Waals surface area contributed by atoms with Gasteiger partial charge in [0.2, 0.25) is 0 Å². The molecule has 0 aromatic rings. The normalized spacial score (nSPS) is 8.50. The number of nitrogens with one attached hydrogen (secondary N) is 1. The third-order valence-electron chi connectivity index (χ3n) is 0.696. The van der Waals surface area contributed by atoms with Crippen LogP contribution in [0.25, 0.3) is 0 Å². The van der Waals surface area contributed by atoms with Crippen molar-refractivity contribution in [1.29, 1.82) is 0 Å². The first-order valence-corrected chi connectivity index (χ1v) is 4.01. The van der Waals surface area contributed by atoms with Gasteiger partial charge in [0.1, 0.15) is 6.61 Å². The Morgan fingerprint density at radius 2 is 2.50 bits per heavy atom. The number of carbonyl (C=O) groups is 1. The van der Waals surface area contributed by atoms with E-state index in [1.807, 2.05) is 0 Å². The van der Waals surface area contributed by atoms with Gasteiger partial charge in [-0.05, 0) is 0 Å². The molecule has 58 valence electrons. The van der Waals surface area contributed by atoms with E-state index in [2.05, 4.69) is 32.6 Å². The molecule has 1 N–H and O–H groups in total. The average Bonchev–Trinajstić information content (AvgIpc) is 1.97. The monoisotopic (exact) mass is 207 g/mol. The van der Waals surface area contributed by atoms with Crippen LogP contribution in [0.2, 0.25) is 0 Å². The van der Waals surface area contributed by atoms with Crippen molar-refractivity contribution in [3.05, 3.63) is 12.7 Å². The van der Waals surface area contributed by atoms with Crippen molar-refractivity contribution in [2.75, 3.05) is 18.5 Å². The summed E-state index contributed by atoms with van der Waals surface area (Å²) >= 11 is 3.16. The Kier molecular flexibility index (Phi) is 6.27. The summed E-state index contributed by atoms with van der Waals surface area (Å²) in [5, 5.41) is 3.24. The predicted molar refractivity (Wildman–Crippen MR) is 43.3 cm³/mol. The van der Waals surface area contributed by atoms with Crippen molar-refractivity contribution in [3.8, 4) is 0 Å². The smallest absolute Gasteiger partial charge is 0.407 e. The number of alkyl halides is 1. The van der Waals surface area contributed by atoms with Gasteiger partial charge in [0.15, 0.2) is 0 Å². The van der Waals surface area contributed by atoms with Crippen molar-refractivity contribution in [2.45, 2.75) is 0 Å². The fraction of sp³-hybridized carbons (Fsp3) is 0.500. The third kappa shape index (κ3) is 5.62. The van der Waals surface area contributed by atoms with Crippen molar-refractivity contribution in [3.63, 3.8) is 0 Å². The topological polar surface area (TPSA) is 38.3 Å². The highest BCUT2D eigenvalue weighted by Crippen LogP contribution is 1.79. The number of halogens is 1. The number of hydrogen-bond donors (Lipinski definition) is 1. The second-order valence-electron chi connectivity index (χ2n) is 1.50. The lowest BCUT2D eigenvalue weighted by Crippen LogP contribution is -2.25. The van der Waals surface area contributed by atoms with Crippen LogP contribution < -0.4 is 5.32 Å². The van der Waals surface area contributed by atoms with Crippen molar-refractivity contribution in [1.82, 2.24) is 5.32 Å². The van der Waals surface area contributed by atoms with Crippen LogP contribution in [0.5, 0.6) is 0 Å². The van der Waals surface area contributed by atoms with Crippen LogP contribution >= 0.6 is 15.9 Å². The van der Waals surface area contributed by atoms with Crippen LogP contribution in [-0.2, 0) is 4.74 Å². The summed E-state index contributed by atoms with van der Waals surface area (Å²) in [4.78, 5) is 10.6. The maximum absolute atomic E-state index is 10.6. The lowest BCUT2D eigenvalue weighted by molar-refractivity contribution is 0.159. The standard InChI is InChI=1S/C6H10BrNO2/c1-2-5-10-6(9)8-4-3-7/h2H,1,3-5H2,(H,8,9). The second kappa shape index (κ2) is 6.61. The summed E-state index contributed by atoms with van der Waals surface area (Å²) in [7, 11) is 0. The first-order valence-electron chi connectivity index (χ1n) is 2.88. The molecule has 0 heterocycles. The van der Waals surface area contributed by atoms with E-state index in [1.54, 1.807) is 0 Å². The molecule has 0 aromatic carbocycles. The number of hydrogen-bond acceptors (Lipinski definition) is 2. The van der Waals surface area contributed by atoms with Gasteiger partial charge in [0, 0.05) is 11.9 Å². The highest BCUT2D eigenvalue weighted by Gasteiger charge is 1.95. The van der Waals surface area contributed by atoms with E-state index in [0.717, 1.165) is 5.33 Å². The average molecular weight is 208 g/mol. The molecule has 0 rings (SSSR count). The van der Waals surface area contributed by atoms with E-state index in [0.29, 0.717) is 6.54 Å². The van der Waals surface area contributed by atoms with Crippen molar-refractivity contribution in [2.24, 2.45) is 0 Å². The van der Waals surface area contributed by atoms with E-state index in [-0.39, 0.29) is 6.61 Å². The zero-order valence-corrected chi connectivity index (χ0v) is 7.19. The minimum absolute atomic E-state index is 0.258. The van der Waals surface area contributed by atoms with Crippen LogP contribution in [-0.4, -0.2) is 24.6 Å². The molecule has 10 heavy (non-hydrogen) atoms. The quantitative estimate of drug-likeness (QED) is 0.558. The molecule has 0 saturated carbocycles. The molecule has 4 heteroatoms. The molecular weight excluding hydrogens is 198 g/mol. The zero-order chi connectivity index (χ0) is 7.82. The maximum atomic E-state index is 10.6. The van der Waals surface area contributed by atoms with Crippen LogP contribution in [0.3, 0.4) is 0 Å². The molecule has 0 aromatic heterocycles. The van der Waals surface area contributed by atoms with E-state index >= 15 is 0 Å². The lowest BCUT2D eigenvalue weighted by atomic mass is 10.7. The van der Waals surface area contributed by atoms with Crippen molar-refractivity contribution < 1.29 is 9.53 Å². The van der Waals surface area contributed by atoms with Gasteiger partial charge >= 0.3 is 6.09 Å². The Bertz CT molecular complexity index is 116.